The molecule has 112 valence electrons. The fraction of sp³-hybridized carbons (Fsp3) is 0.500. The van der Waals surface area contributed by atoms with Crippen molar-refractivity contribution in [2.24, 2.45) is 0 Å². The van der Waals surface area contributed by atoms with Crippen molar-refractivity contribution in [3.8, 4) is 0 Å². The summed E-state index contributed by atoms with van der Waals surface area (Å²) in [6.07, 6.45) is 2.96. The van der Waals surface area contributed by atoms with Gasteiger partial charge in [0.05, 0.1) is 6.54 Å². The van der Waals surface area contributed by atoms with Crippen molar-refractivity contribution in [2.75, 3.05) is 26.2 Å². The van der Waals surface area contributed by atoms with Crippen LogP contribution in [0.1, 0.15) is 23.7 Å². The van der Waals surface area contributed by atoms with Crippen molar-refractivity contribution < 1.29 is 4.52 Å². The molecular formula is C16H22N4O. The zero-order valence-electron chi connectivity index (χ0n) is 12.3. The molecule has 21 heavy (non-hydrogen) atoms. The number of nitrogens with one attached hydrogen (secondary N) is 1. The second-order valence-electron chi connectivity index (χ2n) is 5.47. The molecule has 2 heterocycles. The Kier molecular flexibility index (Phi) is 4.97. The highest BCUT2D eigenvalue weighted by Crippen LogP contribution is 2.08. The summed E-state index contributed by atoms with van der Waals surface area (Å²) >= 11 is 0. The first-order valence-corrected chi connectivity index (χ1v) is 7.68. The topological polar surface area (TPSA) is 54.2 Å². The molecule has 1 aliphatic rings. The average molecular weight is 286 g/mol. The zero-order valence-corrected chi connectivity index (χ0v) is 12.3. The van der Waals surface area contributed by atoms with Gasteiger partial charge in [-0.3, -0.25) is 4.90 Å². The Labute approximate surface area is 125 Å². The molecule has 1 saturated heterocycles. The van der Waals surface area contributed by atoms with Crippen molar-refractivity contribution in [1.82, 2.24) is 20.4 Å². The summed E-state index contributed by atoms with van der Waals surface area (Å²) in [5, 5.41) is 7.49. The second-order valence-corrected chi connectivity index (χ2v) is 5.47. The summed E-state index contributed by atoms with van der Waals surface area (Å²) < 4.78 is 5.37. The van der Waals surface area contributed by atoms with E-state index in [0.717, 1.165) is 57.3 Å². The molecule has 0 saturated carbocycles. The average Bonchev–Trinajstić information content (AvgIpc) is 2.80. The van der Waals surface area contributed by atoms with Crippen LogP contribution in [0.4, 0.5) is 0 Å². The maximum absolute atomic E-state index is 5.37. The number of aryl methyl sites for hydroxylation is 2. The van der Waals surface area contributed by atoms with Gasteiger partial charge in [-0.2, -0.15) is 4.98 Å². The first-order valence-electron chi connectivity index (χ1n) is 7.68. The summed E-state index contributed by atoms with van der Waals surface area (Å²) in [5.74, 6) is 1.54. The molecule has 0 bridgehead atoms. The Hall–Kier alpha value is -1.72. The van der Waals surface area contributed by atoms with Gasteiger partial charge in [-0.25, -0.2) is 0 Å². The van der Waals surface area contributed by atoms with E-state index >= 15 is 0 Å². The first kappa shape index (κ1) is 14.2. The van der Waals surface area contributed by atoms with Gasteiger partial charge >= 0.3 is 0 Å². The van der Waals surface area contributed by atoms with Gasteiger partial charge in [0.25, 0.3) is 0 Å². The molecule has 2 aromatic rings. The van der Waals surface area contributed by atoms with Gasteiger partial charge < -0.3 is 9.84 Å². The number of hydrogen-bond donors (Lipinski definition) is 1. The molecule has 5 heteroatoms. The number of hydrogen-bond acceptors (Lipinski definition) is 5. The van der Waals surface area contributed by atoms with Gasteiger partial charge in [-0.15, -0.1) is 0 Å². The normalized spacial score (nSPS) is 16.8. The van der Waals surface area contributed by atoms with E-state index in [4.69, 9.17) is 4.52 Å². The molecule has 0 unspecified atom stereocenters. The third-order valence-corrected chi connectivity index (χ3v) is 3.78. The lowest BCUT2D eigenvalue weighted by Crippen LogP contribution is -2.27. The van der Waals surface area contributed by atoms with Crippen LogP contribution in [0.3, 0.4) is 0 Å². The predicted octanol–water partition coefficient (Wildman–Crippen LogP) is 1.65. The molecular weight excluding hydrogens is 264 g/mol. The van der Waals surface area contributed by atoms with E-state index in [1.165, 1.54) is 12.0 Å². The molecule has 1 fully saturated rings. The Balaban J connectivity index is 1.51. The second kappa shape index (κ2) is 7.33. The Morgan fingerprint density at radius 3 is 2.90 bits per heavy atom. The van der Waals surface area contributed by atoms with E-state index in [0.29, 0.717) is 0 Å². The van der Waals surface area contributed by atoms with Gasteiger partial charge in [0, 0.05) is 19.5 Å². The summed E-state index contributed by atoms with van der Waals surface area (Å²) in [6, 6.07) is 10.4. The van der Waals surface area contributed by atoms with Gasteiger partial charge in [-0.1, -0.05) is 35.5 Å². The molecule has 5 nitrogen and oxygen atoms in total. The van der Waals surface area contributed by atoms with Gasteiger partial charge in [-0.05, 0) is 31.5 Å². The Morgan fingerprint density at radius 2 is 2.00 bits per heavy atom. The first-order chi connectivity index (χ1) is 10.4. The lowest BCUT2D eigenvalue weighted by Gasteiger charge is -2.16. The highest BCUT2D eigenvalue weighted by Gasteiger charge is 2.13. The van der Waals surface area contributed by atoms with E-state index in [1.54, 1.807) is 0 Å². The van der Waals surface area contributed by atoms with Crippen molar-refractivity contribution in [2.45, 2.75) is 25.8 Å². The fourth-order valence-electron chi connectivity index (χ4n) is 2.61. The minimum atomic E-state index is 0.736. The minimum Gasteiger partial charge on any atom is -0.338 e. The lowest BCUT2D eigenvalue weighted by molar-refractivity contribution is 0.238. The van der Waals surface area contributed by atoms with E-state index in [2.05, 4.69) is 44.6 Å². The molecule has 1 aliphatic heterocycles. The van der Waals surface area contributed by atoms with E-state index < -0.39 is 0 Å². The zero-order chi connectivity index (χ0) is 14.3. The molecule has 1 aromatic heterocycles. The maximum atomic E-state index is 5.37. The number of nitrogens with zero attached hydrogens (tertiary/aromatic N) is 3. The van der Waals surface area contributed by atoms with Crippen LogP contribution in [0, 0.1) is 0 Å². The third-order valence-electron chi connectivity index (χ3n) is 3.78. The Morgan fingerprint density at radius 1 is 1.10 bits per heavy atom. The van der Waals surface area contributed by atoms with Crippen LogP contribution in [0.25, 0.3) is 0 Å². The van der Waals surface area contributed by atoms with Crippen molar-refractivity contribution in [3.05, 3.63) is 47.6 Å². The number of rotatable bonds is 5. The number of benzene rings is 1. The molecule has 1 N–H and O–H groups in total. The van der Waals surface area contributed by atoms with E-state index in [1.807, 2.05) is 6.07 Å². The van der Waals surface area contributed by atoms with E-state index in [9.17, 15) is 0 Å². The smallest absolute Gasteiger partial charge is 0.240 e. The van der Waals surface area contributed by atoms with Gasteiger partial charge in [0.15, 0.2) is 5.82 Å². The Bertz CT molecular complexity index is 532. The van der Waals surface area contributed by atoms with Crippen LogP contribution in [0.5, 0.6) is 0 Å². The monoisotopic (exact) mass is 286 g/mol. The molecule has 3 rings (SSSR count). The van der Waals surface area contributed by atoms with Gasteiger partial charge in [0.2, 0.25) is 5.89 Å². The van der Waals surface area contributed by atoms with Crippen molar-refractivity contribution in [1.29, 1.82) is 0 Å². The van der Waals surface area contributed by atoms with Crippen LogP contribution in [0.15, 0.2) is 34.9 Å². The molecule has 1 aromatic carbocycles. The summed E-state index contributed by atoms with van der Waals surface area (Å²) in [6.45, 7) is 5.04. The number of aromatic nitrogens is 2. The van der Waals surface area contributed by atoms with Crippen LogP contribution in [0.2, 0.25) is 0 Å². The summed E-state index contributed by atoms with van der Waals surface area (Å²) in [4.78, 5) is 6.88. The maximum Gasteiger partial charge on any atom is 0.240 e. The standard InChI is InChI=1S/C16H22N4O/c1-2-5-14(6-3-1)7-8-15-18-16(21-19-15)13-20-11-4-9-17-10-12-20/h1-3,5-6,17H,4,7-13H2. The van der Waals surface area contributed by atoms with Crippen LogP contribution >= 0.6 is 0 Å². The largest absolute Gasteiger partial charge is 0.338 e. The molecule has 0 radical (unpaired) electrons. The fourth-order valence-corrected chi connectivity index (χ4v) is 2.61. The van der Waals surface area contributed by atoms with Crippen molar-refractivity contribution >= 4 is 0 Å². The highest BCUT2D eigenvalue weighted by molar-refractivity contribution is 5.15. The molecule has 0 aliphatic carbocycles. The highest BCUT2D eigenvalue weighted by atomic mass is 16.5. The van der Waals surface area contributed by atoms with Crippen LogP contribution in [-0.4, -0.2) is 41.2 Å². The van der Waals surface area contributed by atoms with E-state index in [-0.39, 0.29) is 0 Å². The predicted molar refractivity (Wildman–Crippen MR) is 80.9 cm³/mol. The third kappa shape index (κ3) is 4.37. The molecule has 0 amide bonds. The quantitative estimate of drug-likeness (QED) is 0.906. The molecule has 0 spiro atoms. The van der Waals surface area contributed by atoms with Crippen LogP contribution in [-0.2, 0) is 19.4 Å². The minimum absolute atomic E-state index is 0.736. The summed E-state index contributed by atoms with van der Waals surface area (Å²) in [5.41, 5.74) is 1.31. The SMILES string of the molecule is c1ccc(CCc2noc(CN3CCCNCC3)n2)cc1. The molecule has 0 atom stereocenters. The summed E-state index contributed by atoms with van der Waals surface area (Å²) in [7, 11) is 0. The lowest BCUT2D eigenvalue weighted by atomic mass is 10.1. The van der Waals surface area contributed by atoms with Crippen LogP contribution < -0.4 is 5.32 Å². The van der Waals surface area contributed by atoms with Crippen molar-refractivity contribution in [3.63, 3.8) is 0 Å². The van der Waals surface area contributed by atoms with Gasteiger partial charge in [0.1, 0.15) is 0 Å².